The van der Waals surface area contributed by atoms with Crippen molar-refractivity contribution in [3.63, 3.8) is 0 Å². The molecule has 2 aromatic heterocycles. The molecule has 172 valence electrons. The Balaban J connectivity index is 1.72. The van der Waals surface area contributed by atoms with Gasteiger partial charge in [-0.25, -0.2) is 9.97 Å². The molecular formula is C28H28N4O2. The molecule has 0 radical (unpaired) electrons. The van der Waals surface area contributed by atoms with Crippen LogP contribution in [0.25, 0.3) is 0 Å². The molecule has 0 bridgehead atoms. The quantitative estimate of drug-likeness (QED) is 0.393. The Morgan fingerprint density at radius 2 is 0.912 bits per heavy atom. The summed E-state index contributed by atoms with van der Waals surface area (Å²) in [5, 5.41) is 0. The molecule has 0 amide bonds. The second kappa shape index (κ2) is 9.21. The molecule has 5 rings (SSSR count). The number of aryl methyl sites for hydroxylation is 2. The number of aromatic nitrogens is 4. The van der Waals surface area contributed by atoms with Crippen molar-refractivity contribution >= 4 is 0 Å². The summed E-state index contributed by atoms with van der Waals surface area (Å²) in [6.07, 6.45) is 0. The SMILES string of the molecule is COc1nc(C)cc(C2[C@H](c3ccccc3)[C@@H](c3cc(C)nc(OC)n3)[C@H]2c2ccccc2)n1. The maximum Gasteiger partial charge on any atom is 0.316 e. The number of rotatable bonds is 6. The number of methoxy groups -OCH3 is 2. The van der Waals surface area contributed by atoms with Crippen molar-refractivity contribution in [3.05, 3.63) is 107 Å². The van der Waals surface area contributed by atoms with Crippen LogP contribution in [0.2, 0.25) is 0 Å². The Hall–Kier alpha value is -3.80. The Morgan fingerprint density at radius 3 is 1.26 bits per heavy atom. The first kappa shape index (κ1) is 22.0. The summed E-state index contributed by atoms with van der Waals surface area (Å²) >= 11 is 0. The maximum atomic E-state index is 5.43. The van der Waals surface area contributed by atoms with Gasteiger partial charge in [-0.3, -0.25) is 0 Å². The van der Waals surface area contributed by atoms with Crippen LogP contribution in [0.4, 0.5) is 0 Å². The van der Waals surface area contributed by atoms with Crippen LogP contribution >= 0.6 is 0 Å². The molecule has 1 aliphatic rings. The zero-order chi connectivity index (χ0) is 23.7. The molecule has 2 aromatic carbocycles. The van der Waals surface area contributed by atoms with Crippen LogP contribution in [0, 0.1) is 13.8 Å². The molecule has 0 spiro atoms. The fourth-order valence-electron chi connectivity index (χ4n) is 5.32. The summed E-state index contributed by atoms with van der Waals surface area (Å²) < 4.78 is 10.9. The lowest BCUT2D eigenvalue weighted by molar-refractivity contribution is 0.216. The Bertz CT molecular complexity index is 1170. The van der Waals surface area contributed by atoms with Gasteiger partial charge in [-0.05, 0) is 37.1 Å². The number of hydrogen-bond acceptors (Lipinski definition) is 6. The Labute approximate surface area is 200 Å². The highest BCUT2D eigenvalue weighted by atomic mass is 16.5. The molecule has 0 atom stereocenters. The summed E-state index contributed by atoms with van der Waals surface area (Å²) in [6, 6.07) is 26.2. The van der Waals surface area contributed by atoms with E-state index in [2.05, 4.69) is 82.8 Å². The molecule has 6 nitrogen and oxygen atoms in total. The first-order valence-electron chi connectivity index (χ1n) is 11.5. The third-order valence-corrected chi connectivity index (χ3v) is 6.67. The standard InChI is InChI=1S/C28H28N4O2/c1-17-15-21(31-27(29-17)33-3)25-23(19-11-7-5-8-12-19)26(24(25)20-13-9-6-10-14-20)22-16-18(2)30-28(32-22)34-4/h5-16,23-26H,1-4H3/t23-,24-,25-,26?/m1/s1. The van der Waals surface area contributed by atoms with E-state index in [0.717, 1.165) is 22.8 Å². The molecule has 1 saturated carbocycles. The van der Waals surface area contributed by atoms with Crippen molar-refractivity contribution < 1.29 is 9.47 Å². The van der Waals surface area contributed by atoms with Crippen molar-refractivity contribution in [2.75, 3.05) is 14.2 Å². The van der Waals surface area contributed by atoms with Crippen LogP contribution in [0.15, 0.2) is 72.8 Å². The van der Waals surface area contributed by atoms with Gasteiger partial charge in [0, 0.05) is 35.1 Å². The van der Waals surface area contributed by atoms with Gasteiger partial charge in [0.15, 0.2) is 0 Å². The predicted molar refractivity (Wildman–Crippen MR) is 130 cm³/mol. The molecule has 2 heterocycles. The topological polar surface area (TPSA) is 70.0 Å². The van der Waals surface area contributed by atoms with Crippen LogP contribution in [0.3, 0.4) is 0 Å². The zero-order valence-electron chi connectivity index (χ0n) is 19.8. The van der Waals surface area contributed by atoms with Gasteiger partial charge in [-0.15, -0.1) is 0 Å². The molecule has 0 N–H and O–H groups in total. The zero-order valence-corrected chi connectivity index (χ0v) is 19.8. The minimum absolute atomic E-state index is 0.131. The fourth-order valence-corrected chi connectivity index (χ4v) is 5.32. The average Bonchev–Trinajstić information content (AvgIpc) is 2.84. The molecular weight excluding hydrogens is 424 g/mol. The van der Waals surface area contributed by atoms with Gasteiger partial charge >= 0.3 is 12.0 Å². The average molecular weight is 453 g/mol. The van der Waals surface area contributed by atoms with Gasteiger partial charge in [0.25, 0.3) is 0 Å². The lowest BCUT2D eigenvalue weighted by atomic mass is 9.50. The molecule has 4 aromatic rings. The fraction of sp³-hybridized carbons (Fsp3) is 0.286. The van der Waals surface area contributed by atoms with E-state index in [-0.39, 0.29) is 23.7 Å². The van der Waals surface area contributed by atoms with Crippen molar-refractivity contribution in [1.29, 1.82) is 0 Å². The van der Waals surface area contributed by atoms with Crippen LogP contribution in [-0.4, -0.2) is 34.2 Å². The van der Waals surface area contributed by atoms with E-state index in [1.807, 2.05) is 13.8 Å². The number of hydrogen-bond donors (Lipinski definition) is 0. The minimum atomic E-state index is 0.131. The molecule has 34 heavy (non-hydrogen) atoms. The van der Waals surface area contributed by atoms with Crippen molar-refractivity contribution in [2.24, 2.45) is 0 Å². The smallest absolute Gasteiger partial charge is 0.316 e. The largest absolute Gasteiger partial charge is 0.467 e. The summed E-state index contributed by atoms with van der Waals surface area (Å²) in [6.45, 7) is 3.97. The summed E-state index contributed by atoms with van der Waals surface area (Å²) in [5.41, 5.74) is 6.28. The van der Waals surface area contributed by atoms with Gasteiger partial charge in [0.1, 0.15) is 0 Å². The van der Waals surface area contributed by atoms with Gasteiger partial charge in [-0.1, -0.05) is 60.7 Å². The maximum absolute atomic E-state index is 5.43. The first-order chi connectivity index (χ1) is 16.6. The number of nitrogens with zero attached hydrogens (tertiary/aromatic N) is 4. The van der Waals surface area contributed by atoms with E-state index in [1.165, 1.54) is 11.1 Å². The lowest BCUT2D eigenvalue weighted by Gasteiger charge is -2.52. The molecule has 6 heteroatoms. The molecule has 1 aliphatic carbocycles. The summed E-state index contributed by atoms with van der Waals surface area (Å²) in [7, 11) is 3.23. The molecule has 0 aliphatic heterocycles. The van der Waals surface area contributed by atoms with E-state index in [4.69, 9.17) is 19.4 Å². The minimum Gasteiger partial charge on any atom is -0.467 e. The van der Waals surface area contributed by atoms with Gasteiger partial charge in [-0.2, -0.15) is 9.97 Å². The van der Waals surface area contributed by atoms with Crippen LogP contribution in [0.1, 0.15) is 57.6 Å². The second-order valence-electron chi connectivity index (χ2n) is 8.77. The lowest BCUT2D eigenvalue weighted by Crippen LogP contribution is -2.41. The van der Waals surface area contributed by atoms with E-state index < -0.39 is 0 Å². The third-order valence-electron chi connectivity index (χ3n) is 6.67. The molecule has 1 fully saturated rings. The van der Waals surface area contributed by atoms with Gasteiger partial charge < -0.3 is 9.47 Å². The monoisotopic (exact) mass is 452 g/mol. The molecule has 0 saturated heterocycles. The van der Waals surface area contributed by atoms with Crippen molar-refractivity contribution in [2.45, 2.75) is 37.5 Å². The Morgan fingerprint density at radius 1 is 0.529 bits per heavy atom. The molecule has 0 unspecified atom stereocenters. The van der Waals surface area contributed by atoms with Crippen LogP contribution < -0.4 is 9.47 Å². The van der Waals surface area contributed by atoms with Gasteiger partial charge in [0.05, 0.1) is 25.6 Å². The van der Waals surface area contributed by atoms with Crippen LogP contribution in [0.5, 0.6) is 12.0 Å². The van der Waals surface area contributed by atoms with E-state index >= 15 is 0 Å². The summed E-state index contributed by atoms with van der Waals surface area (Å²) in [4.78, 5) is 18.5. The third kappa shape index (κ3) is 4.00. The van der Waals surface area contributed by atoms with Gasteiger partial charge in [0.2, 0.25) is 0 Å². The van der Waals surface area contributed by atoms with Crippen molar-refractivity contribution in [3.8, 4) is 12.0 Å². The highest BCUT2D eigenvalue weighted by molar-refractivity contribution is 5.46. The normalized spacial score (nSPS) is 21.5. The number of benzene rings is 2. The Kier molecular flexibility index (Phi) is 5.97. The van der Waals surface area contributed by atoms with E-state index in [9.17, 15) is 0 Å². The summed E-state index contributed by atoms with van der Waals surface area (Å²) in [5.74, 6) is 0.604. The van der Waals surface area contributed by atoms with E-state index in [1.54, 1.807) is 14.2 Å². The predicted octanol–water partition coefficient (Wildman–Crippen LogP) is 5.35. The highest BCUT2D eigenvalue weighted by Crippen LogP contribution is 2.66. The highest BCUT2D eigenvalue weighted by Gasteiger charge is 2.54. The second-order valence-corrected chi connectivity index (χ2v) is 8.77. The number of ether oxygens (including phenoxy) is 2. The first-order valence-corrected chi connectivity index (χ1v) is 11.5. The van der Waals surface area contributed by atoms with E-state index in [0.29, 0.717) is 12.0 Å². The van der Waals surface area contributed by atoms with Crippen molar-refractivity contribution in [1.82, 2.24) is 19.9 Å². The van der Waals surface area contributed by atoms with Crippen LogP contribution in [-0.2, 0) is 0 Å².